The van der Waals surface area contributed by atoms with Gasteiger partial charge < -0.3 is 9.47 Å². The first kappa shape index (κ1) is 9.06. The molecule has 1 unspecified atom stereocenters. The zero-order chi connectivity index (χ0) is 10.3. The van der Waals surface area contributed by atoms with Crippen LogP contribution < -0.4 is 9.47 Å². The van der Waals surface area contributed by atoms with Crippen LogP contribution in [0.25, 0.3) is 0 Å². The third-order valence-electron chi connectivity index (χ3n) is 2.56. The fourth-order valence-corrected chi connectivity index (χ4v) is 1.81. The van der Waals surface area contributed by atoms with E-state index < -0.39 is 0 Å². The predicted molar refractivity (Wildman–Crippen MR) is 51.8 cm³/mol. The molecule has 3 nitrogen and oxygen atoms in total. The molecular weight excluding hydrogens is 180 g/mol. The number of hydrogen-bond acceptors (Lipinski definition) is 3. The lowest BCUT2D eigenvalue weighted by atomic mass is 9.97. The highest BCUT2D eigenvalue weighted by Crippen LogP contribution is 2.39. The maximum absolute atomic E-state index is 11.3. The Morgan fingerprint density at radius 1 is 1.43 bits per heavy atom. The van der Waals surface area contributed by atoms with Gasteiger partial charge in [-0.15, -0.1) is 0 Å². The molecule has 1 atom stereocenters. The first-order valence-electron chi connectivity index (χ1n) is 4.53. The lowest BCUT2D eigenvalue weighted by Crippen LogP contribution is -2.06. The summed E-state index contributed by atoms with van der Waals surface area (Å²) in [6.07, 6.45) is 0. The standard InChI is InChI=1S/C11H12O3/c1-6-4-8(13-3)5-9-10(6)7(2)11(12)14-9/h4-5,7H,1-3H3. The Morgan fingerprint density at radius 2 is 2.14 bits per heavy atom. The number of hydrogen-bond donors (Lipinski definition) is 0. The van der Waals surface area contributed by atoms with Crippen LogP contribution >= 0.6 is 0 Å². The van der Waals surface area contributed by atoms with E-state index >= 15 is 0 Å². The van der Waals surface area contributed by atoms with E-state index in [0.717, 1.165) is 16.9 Å². The molecular formula is C11H12O3. The van der Waals surface area contributed by atoms with Gasteiger partial charge in [0.15, 0.2) is 0 Å². The highest BCUT2D eigenvalue weighted by molar-refractivity contribution is 5.86. The number of carbonyl (C=O) groups is 1. The molecule has 0 saturated heterocycles. The maximum Gasteiger partial charge on any atom is 0.318 e. The van der Waals surface area contributed by atoms with Crippen molar-refractivity contribution in [1.29, 1.82) is 0 Å². The first-order chi connectivity index (χ1) is 6.63. The van der Waals surface area contributed by atoms with Gasteiger partial charge >= 0.3 is 5.97 Å². The summed E-state index contributed by atoms with van der Waals surface area (Å²) in [5.41, 5.74) is 2.02. The largest absolute Gasteiger partial charge is 0.497 e. The summed E-state index contributed by atoms with van der Waals surface area (Å²) >= 11 is 0. The quantitative estimate of drug-likeness (QED) is 0.504. The van der Waals surface area contributed by atoms with Crippen LogP contribution in [0.3, 0.4) is 0 Å². The van der Waals surface area contributed by atoms with Crippen LogP contribution in [0, 0.1) is 6.92 Å². The summed E-state index contributed by atoms with van der Waals surface area (Å²) < 4.78 is 10.2. The summed E-state index contributed by atoms with van der Waals surface area (Å²) in [5, 5.41) is 0. The molecule has 0 fully saturated rings. The van der Waals surface area contributed by atoms with Crippen LogP contribution in [-0.2, 0) is 4.79 Å². The third-order valence-corrected chi connectivity index (χ3v) is 2.56. The summed E-state index contributed by atoms with van der Waals surface area (Å²) in [4.78, 5) is 11.3. The highest BCUT2D eigenvalue weighted by atomic mass is 16.5. The number of carbonyl (C=O) groups excluding carboxylic acids is 1. The number of methoxy groups -OCH3 is 1. The van der Waals surface area contributed by atoms with Gasteiger partial charge in [-0.1, -0.05) is 0 Å². The SMILES string of the molecule is COc1cc(C)c2c(c1)OC(=O)C2C. The molecule has 0 aliphatic carbocycles. The van der Waals surface area contributed by atoms with Crippen LogP contribution in [0.4, 0.5) is 0 Å². The van der Waals surface area contributed by atoms with Crippen LogP contribution in [0.2, 0.25) is 0 Å². The van der Waals surface area contributed by atoms with Crippen molar-refractivity contribution in [2.75, 3.05) is 7.11 Å². The van der Waals surface area contributed by atoms with E-state index in [4.69, 9.17) is 9.47 Å². The molecule has 0 saturated carbocycles. The van der Waals surface area contributed by atoms with Crippen LogP contribution in [0.1, 0.15) is 24.0 Å². The number of esters is 1. The zero-order valence-electron chi connectivity index (χ0n) is 8.46. The van der Waals surface area contributed by atoms with E-state index in [1.165, 1.54) is 0 Å². The number of aryl methyl sites for hydroxylation is 1. The topological polar surface area (TPSA) is 35.5 Å². The van der Waals surface area contributed by atoms with Crippen LogP contribution in [0.15, 0.2) is 12.1 Å². The molecule has 1 heterocycles. The second kappa shape index (κ2) is 3.01. The van der Waals surface area contributed by atoms with Crippen molar-refractivity contribution in [2.45, 2.75) is 19.8 Å². The van der Waals surface area contributed by atoms with Crippen molar-refractivity contribution in [3.05, 3.63) is 23.3 Å². The lowest BCUT2D eigenvalue weighted by molar-refractivity contribution is -0.133. The Hall–Kier alpha value is -1.51. The molecule has 2 rings (SSSR count). The Labute approximate surface area is 82.6 Å². The Kier molecular flexibility index (Phi) is 1.95. The van der Waals surface area contributed by atoms with Crippen molar-refractivity contribution in [3.8, 4) is 11.5 Å². The molecule has 14 heavy (non-hydrogen) atoms. The summed E-state index contributed by atoms with van der Waals surface area (Å²) in [6.45, 7) is 3.81. The van der Waals surface area contributed by atoms with Crippen molar-refractivity contribution >= 4 is 5.97 Å². The molecule has 1 aliphatic rings. The molecule has 3 heteroatoms. The summed E-state index contributed by atoms with van der Waals surface area (Å²) in [5.74, 6) is 1.02. The molecule has 0 bridgehead atoms. The van der Waals surface area contributed by atoms with Crippen LogP contribution in [-0.4, -0.2) is 13.1 Å². The molecule has 1 aromatic carbocycles. The summed E-state index contributed by atoms with van der Waals surface area (Å²) in [6, 6.07) is 3.67. The Bertz CT molecular complexity index is 396. The monoisotopic (exact) mass is 192 g/mol. The number of rotatable bonds is 1. The van der Waals surface area contributed by atoms with Gasteiger partial charge in [0.05, 0.1) is 13.0 Å². The lowest BCUT2D eigenvalue weighted by Gasteiger charge is -2.06. The van der Waals surface area contributed by atoms with Crippen molar-refractivity contribution in [3.63, 3.8) is 0 Å². The molecule has 0 N–H and O–H groups in total. The normalized spacial score (nSPS) is 19.1. The average Bonchev–Trinajstić information content (AvgIpc) is 2.43. The number of fused-ring (bicyclic) bond motifs is 1. The van der Waals surface area contributed by atoms with Gasteiger partial charge in [-0.2, -0.15) is 0 Å². The van der Waals surface area contributed by atoms with E-state index in [2.05, 4.69) is 0 Å². The van der Waals surface area contributed by atoms with Gasteiger partial charge in [0.1, 0.15) is 11.5 Å². The second-order valence-corrected chi connectivity index (χ2v) is 3.50. The number of benzene rings is 1. The highest BCUT2D eigenvalue weighted by Gasteiger charge is 2.31. The fraction of sp³-hybridized carbons (Fsp3) is 0.364. The minimum absolute atomic E-state index is 0.157. The van der Waals surface area contributed by atoms with Crippen molar-refractivity contribution < 1.29 is 14.3 Å². The van der Waals surface area contributed by atoms with Crippen molar-refractivity contribution in [1.82, 2.24) is 0 Å². The minimum Gasteiger partial charge on any atom is -0.497 e. The van der Waals surface area contributed by atoms with Crippen LogP contribution in [0.5, 0.6) is 11.5 Å². The second-order valence-electron chi connectivity index (χ2n) is 3.50. The Balaban J connectivity index is 2.57. The van der Waals surface area contributed by atoms with E-state index in [1.807, 2.05) is 19.9 Å². The number of ether oxygens (including phenoxy) is 2. The zero-order valence-corrected chi connectivity index (χ0v) is 8.46. The smallest absolute Gasteiger partial charge is 0.318 e. The summed E-state index contributed by atoms with van der Waals surface area (Å²) in [7, 11) is 1.60. The van der Waals surface area contributed by atoms with E-state index in [-0.39, 0.29) is 11.9 Å². The molecule has 1 aromatic rings. The molecule has 0 radical (unpaired) electrons. The first-order valence-corrected chi connectivity index (χ1v) is 4.53. The van der Waals surface area contributed by atoms with E-state index in [0.29, 0.717) is 5.75 Å². The van der Waals surface area contributed by atoms with Gasteiger partial charge in [0.2, 0.25) is 0 Å². The average molecular weight is 192 g/mol. The molecule has 0 amide bonds. The van der Waals surface area contributed by atoms with Gasteiger partial charge in [0, 0.05) is 11.6 Å². The Morgan fingerprint density at radius 3 is 2.79 bits per heavy atom. The fourth-order valence-electron chi connectivity index (χ4n) is 1.81. The van der Waals surface area contributed by atoms with Crippen molar-refractivity contribution in [2.24, 2.45) is 0 Å². The predicted octanol–water partition coefficient (Wildman–Crippen LogP) is 2.03. The molecule has 74 valence electrons. The van der Waals surface area contributed by atoms with E-state index in [9.17, 15) is 4.79 Å². The van der Waals surface area contributed by atoms with E-state index in [1.54, 1.807) is 13.2 Å². The third kappa shape index (κ3) is 1.16. The van der Waals surface area contributed by atoms with Gasteiger partial charge in [-0.3, -0.25) is 4.79 Å². The molecule has 0 spiro atoms. The van der Waals surface area contributed by atoms with Gasteiger partial charge in [-0.25, -0.2) is 0 Å². The minimum atomic E-state index is -0.184. The molecule has 1 aliphatic heterocycles. The molecule has 0 aromatic heterocycles. The van der Waals surface area contributed by atoms with Gasteiger partial charge in [0.25, 0.3) is 0 Å². The maximum atomic E-state index is 11.3. The van der Waals surface area contributed by atoms with Gasteiger partial charge in [-0.05, 0) is 25.5 Å².